The predicted octanol–water partition coefficient (Wildman–Crippen LogP) is 1.46. The highest BCUT2D eigenvalue weighted by Gasteiger charge is 2.43. The Kier molecular flexibility index (Phi) is 2.84. The van der Waals surface area contributed by atoms with Gasteiger partial charge in [-0.05, 0) is 45.0 Å². The maximum Gasteiger partial charge on any atom is 0.252 e. The minimum absolute atomic E-state index is 0.207. The largest absolute Gasteiger partial charge is 0.340 e. The second-order valence-electron chi connectivity index (χ2n) is 4.94. The highest BCUT2D eigenvalue weighted by molar-refractivity contribution is 6.10. The van der Waals surface area contributed by atoms with E-state index in [1.54, 1.807) is 20.8 Å². The summed E-state index contributed by atoms with van der Waals surface area (Å²) in [5, 5.41) is 2.66. The second-order valence-corrected chi connectivity index (χ2v) is 4.94. The lowest BCUT2D eigenvalue weighted by molar-refractivity contribution is -0.136. The van der Waals surface area contributed by atoms with Gasteiger partial charge in [0.15, 0.2) is 0 Å². The lowest BCUT2D eigenvalue weighted by Gasteiger charge is -2.41. The SMILES string of the molecule is CC1C(=O)NC(C)(C)C(=O)N1c1ccc(F)cc1. The first kappa shape index (κ1) is 12.5. The van der Waals surface area contributed by atoms with E-state index in [1.165, 1.54) is 29.2 Å². The van der Waals surface area contributed by atoms with Crippen LogP contribution in [0.4, 0.5) is 10.1 Å². The Hall–Kier alpha value is -1.91. The fourth-order valence-electron chi connectivity index (χ4n) is 2.00. The minimum Gasteiger partial charge on any atom is -0.340 e. The number of carbonyl (C=O) groups is 2. The van der Waals surface area contributed by atoms with E-state index < -0.39 is 11.6 Å². The van der Waals surface area contributed by atoms with Crippen molar-refractivity contribution >= 4 is 17.5 Å². The molecule has 1 aliphatic rings. The number of hydrogen-bond donors (Lipinski definition) is 1. The number of hydrogen-bond acceptors (Lipinski definition) is 2. The van der Waals surface area contributed by atoms with E-state index in [0.717, 1.165) is 0 Å². The summed E-state index contributed by atoms with van der Waals surface area (Å²) in [6.45, 7) is 4.94. The molecule has 18 heavy (non-hydrogen) atoms. The standard InChI is InChI=1S/C13H15FN2O2/c1-8-11(17)15-13(2,3)12(18)16(8)10-6-4-9(14)5-7-10/h4-8H,1-3H3,(H,15,17). The van der Waals surface area contributed by atoms with E-state index in [4.69, 9.17) is 0 Å². The highest BCUT2D eigenvalue weighted by Crippen LogP contribution is 2.25. The van der Waals surface area contributed by atoms with Gasteiger partial charge in [-0.3, -0.25) is 14.5 Å². The number of nitrogens with one attached hydrogen (secondary N) is 1. The molecule has 2 rings (SSSR count). The van der Waals surface area contributed by atoms with Crippen LogP contribution >= 0.6 is 0 Å². The summed E-state index contributed by atoms with van der Waals surface area (Å²) in [6.07, 6.45) is 0. The Morgan fingerprint density at radius 2 is 1.78 bits per heavy atom. The van der Waals surface area contributed by atoms with Crippen LogP contribution in [0.25, 0.3) is 0 Å². The van der Waals surface area contributed by atoms with Crippen molar-refractivity contribution in [3.63, 3.8) is 0 Å². The first-order chi connectivity index (χ1) is 8.33. The fraction of sp³-hybridized carbons (Fsp3) is 0.385. The van der Waals surface area contributed by atoms with Crippen molar-refractivity contribution in [2.75, 3.05) is 4.90 Å². The summed E-state index contributed by atoms with van der Waals surface area (Å²) >= 11 is 0. The molecule has 96 valence electrons. The molecule has 0 bridgehead atoms. The maximum atomic E-state index is 12.9. The third-order valence-corrected chi connectivity index (χ3v) is 3.06. The molecule has 1 aromatic carbocycles. The summed E-state index contributed by atoms with van der Waals surface area (Å²) in [6, 6.07) is 4.94. The van der Waals surface area contributed by atoms with E-state index in [-0.39, 0.29) is 17.6 Å². The molecule has 4 nitrogen and oxygen atoms in total. The zero-order chi connectivity index (χ0) is 13.5. The Morgan fingerprint density at radius 1 is 1.22 bits per heavy atom. The molecule has 2 amide bonds. The van der Waals surface area contributed by atoms with Gasteiger partial charge < -0.3 is 5.32 Å². The zero-order valence-corrected chi connectivity index (χ0v) is 10.5. The molecule has 5 heteroatoms. The summed E-state index contributed by atoms with van der Waals surface area (Å²) in [5.41, 5.74) is -0.422. The van der Waals surface area contributed by atoms with Crippen molar-refractivity contribution in [2.45, 2.75) is 32.4 Å². The van der Waals surface area contributed by atoms with Gasteiger partial charge in [-0.1, -0.05) is 0 Å². The quantitative estimate of drug-likeness (QED) is 0.820. The number of benzene rings is 1. The fourth-order valence-corrected chi connectivity index (χ4v) is 2.00. The number of carbonyl (C=O) groups excluding carboxylic acids is 2. The Labute approximate surface area is 105 Å². The second kappa shape index (κ2) is 4.08. The van der Waals surface area contributed by atoms with Gasteiger partial charge in [0.25, 0.3) is 5.91 Å². The molecule has 0 aromatic heterocycles. The third-order valence-electron chi connectivity index (χ3n) is 3.06. The van der Waals surface area contributed by atoms with Crippen LogP contribution in [0.15, 0.2) is 24.3 Å². The third kappa shape index (κ3) is 1.96. The molecular weight excluding hydrogens is 235 g/mol. The molecule has 1 heterocycles. The van der Waals surface area contributed by atoms with Gasteiger partial charge in [0.1, 0.15) is 17.4 Å². The van der Waals surface area contributed by atoms with Crippen molar-refractivity contribution in [1.29, 1.82) is 0 Å². The van der Waals surface area contributed by atoms with Crippen molar-refractivity contribution < 1.29 is 14.0 Å². The molecule has 1 N–H and O–H groups in total. The summed E-state index contributed by atoms with van der Waals surface area (Å²) in [5.74, 6) is -0.801. The number of halogens is 1. The molecule has 1 fully saturated rings. The van der Waals surface area contributed by atoms with Crippen molar-refractivity contribution in [3.8, 4) is 0 Å². The molecule has 1 unspecified atom stereocenters. The van der Waals surface area contributed by atoms with Crippen LogP contribution in [0.5, 0.6) is 0 Å². The van der Waals surface area contributed by atoms with Crippen molar-refractivity contribution in [3.05, 3.63) is 30.1 Å². The average molecular weight is 250 g/mol. The number of nitrogens with zero attached hydrogens (tertiary/aromatic N) is 1. The van der Waals surface area contributed by atoms with Crippen LogP contribution in [-0.2, 0) is 9.59 Å². The molecule has 0 aliphatic carbocycles. The first-order valence-corrected chi connectivity index (χ1v) is 5.74. The number of piperazine rings is 1. The van der Waals surface area contributed by atoms with E-state index in [2.05, 4.69) is 5.32 Å². The smallest absolute Gasteiger partial charge is 0.252 e. The topological polar surface area (TPSA) is 49.4 Å². The molecule has 0 radical (unpaired) electrons. The lowest BCUT2D eigenvalue weighted by atomic mass is 9.96. The summed E-state index contributed by atoms with van der Waals surface area (Å²) in [7, 11) is 0. The Morgan fingerprint density at radius 3 is 2.33 bits per heavy atom. The van der Waals surface area contributed by atoms with Crippen molar-refractivity contribution in [1.82, 2.24) is 5.32 Å². The number of rotatable bonds is 1. The van der Waals surface area contributed by atoms with E-state index in [9.17, 15) is 14.0 Å². The minimum atomic E-state index is -0.946. The number of amides is 2. The average Bonchev–Trinajstić information content (AvgIpc) is 2.29. The molecule has 0 saturated carbocycles. The van der Waals surface area contributed by atoms with Crippen LogP contribution < -0.4 is 10.2 Å². The molecule has 1 aliphatic heterocycles. The number of anilines is 1. The van der Waals surface area contributed by atoms with Crippen LogP contribution in [0.3, 0.4) is 0 Å². The zero-order valence-electron chi connectivity index (χ0n) is 10.5. The van der Waals surface area contributed by atoms with E-state index in [1.807, 2.05) is 0 Å². The van der Waals surface area contributed by atoms with Gasteiger partial charge in [0.05, 0.1) is 0 Å². The molecular formula is C13H15FN2O2. The summed E-state index contributed by atoms with van der Waals surface area (Å²) < 4.78 is 12.9. The van der Waals surface area contributed by atoms with E-state index >= 15 is 0 Å². The Bertz CT molecular complexity index is 496. The normalized spacial score (nSPS) is 22.9. The van der Waals surface area contributed by atoms with Crippen molar-refractivity contribution in [2.24, 2.45) is 0 Å². The van der Waals surface area contributed by atoms with Crippen LogP contribution in [0.2, 0.25) is 0 Å². The molecule has 0 spiro atoms. The van der Waals surface area contributed by atoms with Gasteiger partial charge in [0, 0.05) is 5.69 Å². The lowest BCUT2D eigenvalue weighted by Crippen LogP contribution is -2.67. The maximum absolute atomic E-state index is 12.9. The summed E-state index contributed by atoms with van der Waals surface area (Å²) in [4.78, 5) is 25.5. The predicted molar refractivity (Wildman–Crippen MR) is 65.6 cm³/mol. The van der Waals surface area contributed by atoms with Gasteiger partial charge in [-0.25, -0.2) is 4.39 Å². The Balaban J connectivity index is 2.43. The monoisotopic (exact) mass is 250 g/mol. The molecule has 1 aromatic rings. The first-order valence-electron chi connectivity index (χ1n) is 5.74. The van der Waals surface area contributed by atoms with Gasteiger partial charge in [-0.15, -0.1) is 0 Å². The van der Waals surface area contributed by atoms with Crippen LogP contribution in [0, 0.1) is 5.82 Å². The van der Waals surface area contributed by atoms with Crippen LogP contribution in [0.1, 0.15) is 20.8 Å². The molecule has 1 atom stereocenters. The van der Waals surface area contributed by atoms with Crippen LogP contribution in [-0.4, -0.2) is 23.4 Å². The van der Waals surface area contributed by atoms with Gasteiger partial charge >= 0.3 is 0 Å². The van der Waals surface area contributed by atoms with Gasteiger partial charge in [0.2, 0.25) is 5.91 Å². The van der Waals surface area contributed by atoms with Gasteiger partial charge in [-0.2, -0.15) is 0 Å². The highest BCUT2D eigenvalue weighted by atomic mass is 19.1. The molecule has 1 saturated heterocycles. The van der Waals surface area contributed by atoms with E-state index in [0.29, 0.717) is 5.69 Å².